The molecule has 1 amide bonds. The van der Waals surface area contributed by atoms with Crippen molar-refractivity contribution in [1.82, 2.24) is 14.7 Å². The second-order valence-electron chi connectivity index (χ2n) is 6.53. The summed E-state index contributed by atoms with van der Waals surface area (Å²) in [6.45, 7) is 7.80. The highest BCUT2D eigenvalue weighted by Crippen LogP contribution is 2.28. The molecule has 1 heterocycles. The predicted molar refractivity (Wildman–Crippen MR) is 89.5 cm³/mol. The van der Waals surface area contributed by atoms with Crippen molar-refractivity contribution in [2.24, 2.45) is 7.05 Å². The molecule has 0 radical (unpaired) electrons. The molecule has 6 nitrogen and oxygen atoms in total. The van der Waals surface area contributed by atoms with Gasteiger partial charge in [-0.2, -0.15) is 5.10 Å². The van der Waals surface area contributed by atoms with Crippen LogP contribution < -0.4 is 4.74 Å². The molecule has 1 rings (SSSR count). The Balaban J connectivity index is 2.80. The number of carbonyl (C=O) groups is 1. The number of nitrogens with zero attached hydrogens (tertiary/aromatic N) is 3. The monoisotopic (exact) mass is 411 g/mol. The molecular weight excluding hydrogens is 388 g/mol. The van der Waals surface area contributed by atoms with Crippen molar-refractivity contribution in [2.45, 2.75) is 52.7 Å². The van der Waals surface area contributed by atoms with Crippen molar-refractivity contribution in [2.75, 3.05) is 13.1 Å². The standard InChI is InChI=1S/C15H24BrF2N3O3/c1-9(23-13-12(16)10(2)19-20(13)6)7-21(8-11(17)18)14(22)24-15(3,4)5/h9,11H,7-8H2,1-6H3/t9-/m0/s1. The molecule has 0 aliphatic carbocycles. The van der Waals surface area contributed by atoms with Crippen LogP contribution in [0.4, 0.5) is 13.6 Å². The number of alkyl halides is 2. The second-order valence-corrected chi connectivity index (χ2v) is 7.33. The van der Waals surface area contributed by atoms with Crippen LogP contribution in [0.15, 0.2) is 4.47 Å². The smallest absolute Gasteiger partial charge is 0.410 e. The van der Waals surface area contributed by atoms with E-state index in [0.29, 0.717) is 10.4 Å². The Labute approximate surface area is 149 Å². The summed E-state index contributed by atoms with van der Waals surface area (Å²) in [7, 11) is 1.71. The first-order chi connectivity index (χ1) is 10.9. The van der Waals surface area contributed by atoms with E-state index in [2.05, 4.69) is 21.0 Å². The van der Waals surface area contributed by atoms with Gasteiger partial charge >= 0.3 is 6.09 Å². The molecule has 0 bridgehead atoms. The molecule has 24 heavy (non-hydrogen) atoms. The highest BCUT2D eigenvalue weighted by molar-refractivity contribution is 9.10. The fraction of sp³-hybridized carbons (Fsp3) is 0.733. The minimum absolute atomic E-state index is 0.0318. The molecule has 138 valence electrons. The second kappa shape index (κ2) is 8.13. The Kier molecular flexibility index (Phi) is 7.00. The van der Waals surface area contributed by atoms with Crippen molar-refractivity contribution in [3.8, 4) is 5.88 Å². The predicted octanol–water partition coefficient (Wildman–Crippen LogP) is 3.76. The van der Waals surface area contributed by atoms with E-state index < -0.39 is 30.8 Å². The average molecular weight is 412 g/mol. The molecule has 0 spiro atoms. The van der Waals surface area contributed by atoms with Gasteiger partial charge in [0.15, 0.2) is 0 Å². The minimum Gasteiger partial charge on any atom is -0.472 e. The molecule has 0 unspecified atom stereocenters. The summed E-state index contributed by atoms with van der Waals surface area (Å²) in [4.78, 5) is 13.1. The molecule has 0 fully saturated rings. The zero-order chi connectivity index (χ0) is 18.7. The number of aryl methyl sites for hydroxylation is 2. The van der Waals surface area contributed by atoms with Gasteiger partial charge in [-0.3, -0.25) is 4.90 Å². The van der Waals surface area contributed by atoms with E-state index in [1.165, 1.54) is 0 Å². The van der Waals surface area contributed by atoms with Crippen molar-refractivity contribution in [3.63, 3.8) is 0 Å². The van der Waals surface area contributed by atoms with E-state index in [9.17, 15) is 13.6 Å². The minimum atomic E-state index is -2.66. The van der Waals surface area contributed by atoms with Gasteiger partial charge in [0, 0.05) is 7.05 Å². The molecule has 0 aliphatic heterocycles. The largest absolute Gasteiger partial charge is 0.472 e. The lowest BCUT2D eigenvalue weighted by molar-refractivity contribution is 0.00176. The lowest BCUT2D eigenvalue weighted by atomic mass is 10.2. The van der Waals surface area contributed by atoms with Gasteiger partial charge in [-0.05, 0) is 50.5 Å². The van der Waals surface area contributed by atoms with Gasteiger partial charge < -0.3 is 9.47 Å². The molecular formula is C15H24BrF2N3O3. The van der Waals surface area contributed by atoms with Crippen LogP contribution in [0, 0.1) is 6.92 Å². The fourth-order valence-corrected chi connectivity index (χ4v) is 2.42. The lowest BCUT2D eigenvalue weighted by Gasteiger charge is -2.29. The molecule has 1 aromatic heterocycles. The normalized spacial score (nSPS) is 13.1. The third kappa shape index (κ3) is 6.26. The van der Waals surface area contributed by atoms with Crippen molar-refractivity contribution >= 4 is 22.0 Å². The summed E-state index contributed by atoms with van der Waals surface area (Å²) in [5.41, 5.74) is -0.0136. The molecule has 9 heteroatoms. The molecule has 0 saturated heterocycles. The van der Waals surface area contributed by atoms with Crippen LogP contribution in [0.5, 0.6) is 5.88 Å². The number of carbonyl (C=O) groups excluding carboxylic acids is 1. The van der Waals surface area contributed by atoms with Crippen LogP contribution in [0.2, 0.25) is 0 Å². The fourth-order valence-electron chi connectivity index (χ4n) is 1.99. The number of ether oxygens (including phenoxy) is 2. The number of rotatable bonds is 6. The van der Waals surface area contributed by atoms with Crippen molar-refractivity contribution in [3.05, 3.63) is 10.2 Å². The Morgan fingerprint density at radius 1 is 1.38 bits per heavy atom. The van der Waals surface area contributed by atoms with Crippen LogP contribution in [0.1, 0.15) is 33.4 Å². The van der Waals surface area contributed by atoms with Crippen LogP contribution in [-0.2, 0) is 11.8 Å². The zero-order valence-electron chi connectivity index (χ0n) is 14.8. The molecule has 0 aliphatic rings. The zero-order valence-corrected chi connectivity index (χ0v) is 16.4. The Hall–Kier alpha value is -1.38. The third-order valence-electron chi connectivity index (χ3n) is 2.90. The van der Waals surface area contributed by atoms with E-state index >= 15 is 0 Å². The van der Waals surface area contributed by atoms with Gasteiger partial charge in [0.05, 0.1) is 18.8 Å². The average Bonchev–Trinajstić information content (AvgIpc) is 2.62. The van der Waals surface area contributed by atoms with E-state index in [1.54, 1.807) is 39.4 Å². The maximum atomic E-state index is 12.8. The van der Waals surface area contributed by atoms with Crippen LogP contribution >= 0.6 is 15.9 Å². The molecule has 1 atom stereocenters. The summed E-state index contributed by atoms with van der Waals surface area (Å²) in [5, 5.41) is 4.19. The molecule has 0 aromatic carbocycles. The Morgan fingerprint density at radius 2 is 1.96 bits per heavy atom. The number of hydrogen-bond acceptors (Lipinski definition) is 4. The SMILES string of the molecule is Cc1nn(C)c(O[C@@H](C)CN(CC(F)F)C(=O)OC(C)(C)C)c1Br. The van der Waals surface area contributed by atoms with Gasteiger partial charge in [0.25, 0.3) is 6.43 Å². The molecule has 0 saturated carbocycles. The first-order valence-corrected chi connectivity index (χ1v) is 8.31. The van der Waals surface area contributed by atoms with E-state index in [0.717, 1.165) is 10.6 Å². The Bertz CT molecular complexity index is 573. The number of amides is 1. The van der Waals surface area contributed by atoms with Crippen molar-refractivity contribution < 1.29 is 23.0 Å². The van der Waals surface area contributed by atoms with Gasteiger partial charge in [-0.1, -0.05) is 0 Å². The molecule has 0 N–H and O–H groups in total. The van der Waals surface area contributed by atoms with E-state index in [1.807, 2.05) is 6.92 Å². The summed E-state index contributed by atoms with van der Waals surface area (Å²) >= 11 is 3.37. The van der Waals surface area contributed by atoms with Crippen molar-refractivity contribution in [1.29, 1.82) is 0 Å². The summed E-state index contributed by atoms with van der Waals surface area (Å²) in [6, 6.07) is 0. The van der Waals surface area contributed by atoms with Gasteiger partial charge in [0.1, 0.15) is 16.2 Å². The summed E-state index contributed by atoms with van der Waals surface area (Å²) < 4.78 is 38.7. The summed E-state index contributed by atoms with van der Waals surface area (Å²) in [6.07, 6.45) is -3.98. The Morgan fingerprint density at radius 3 is 2.38 bits per heavy atom. The topological polar surface area (TPSA) is 56.6 Å². The van der Waals surface area contributed by atoms with E-state index in [-0.39, 0.29) is 6.54 Å². The molecule has 1 aromatic rings. The van der Waals surface area contributed by atoms with E-state index in [4.69, 9.17) is 9.47 Å². The number of hydrogen-bond donors (Lipinski definition) is 0. The van der Waals surface area contributed by atoms with Crippen LogP contribution in [0.25, 0.3) is 0 Å². The lowest BCUT2D eigenvalue weighted by Crippen LogP contribution is -2.44. The van der Waals surface area contributed by atoms with Gasteiger partial charge in [-0.25, -0.2) is 18.3 Å². The van der Waals surface area contributed by atoms with Gasteiger partial charge in [0.2, 0.25) is 5.88 Å². The first kappa shape index (κ1) is 20.7. The van der Waals surface area contributed by atoms with Crippen LogP contribution in [-0.4, -0.2) is 52.0 Å². The summed E-state index contributed by atoms with van der Waals surface area (Å²) in [5.74, 6) is 0.473. The highest BCUT2D eigenvalue weighted by atomic mass is 79.9. The number of halogens is 3. The first-order valence-electron chi connectivity index (χ1n) is 7.52. The highest BCUT2D eigenvalue weighted by Gasteiger charge is 2.27. The number of aromatic nitrogens is 2. The maximum Gasteiger partial charge on any atom is 0.410 e. The van der Waals surface area contributed by atoms with Gasteiger partial charge in [-0.15, -0.1) is 0 Å². The quantitative estimate of drug-likeness (QED) is 0.714. The third-order valence-corrected chi connectivity index (χ3v) is 3.81. The maximum absolute atomic E-state index is 12.8. The van der Waals surface area contributed by atoms with Crippen LogP contribution in [0.3, 0.4) is 0 Å².